The number of rotatable bonds is 5. The molecule has 0 aliphatic rings. The van der Waals surface area contributed by atoms with Gasteiger partial charge < -0.3 is 0 Å². The van der Waals surface area contributed by atoms with E-state index in [9.17, 15) is 8.60 Å². The standard InChI is InChI=1S/C18H18FN3OS/c1-13(16-10-6-7-11-17(16)19)24(23)14(2)18-12-22(21-20-18)15-8-4-3-5-9-15/h3-14H,1-2H3/t13-,14-,24+/m1/s1. The molecule has 0 aliphatic heterocycles. The Kier molecular flexibility index (Phi) is 4.85. The third-order valence-corrected chi connectivity index (χ3v) is 5.88. The molecule has 0 unspecified atom stereocenters. The lowest BCUT2D eigenvalue weighted by molar-refractivity contribution is 0.605. The molecule has 0 amide bonds. The summed E-state index contributed by atoms with van der Waals surface area (Å²) < 4.78 is 28.4. The highest BCUT2D eigenvalue weighted by molar-refractivity contribution is 7.85. The Balaban J connectivity index is 1.82. The van der Waals surface area contributed by atoms with Gasteiger partial charge in [-0.1, -0.05) is 41.6 Å². The first-order valence-corrected chi connectivity index (χ1v) is 8.97. The normalized spacial score (nSPS) is 15.0. The van der Waals surface area contributed by atoms with Crippen molar-refractivity contribution in [2.24, 2.45) is 0 Å². The van der Waals surface area contributed by atoms with E-state index < -0.39 is 16.0 Å². The minimum atomic E-state index is -1.32. The van der Waals surface area contributed by atoms with Gasteiger partial charge in [-0.2, -0.15) is 0 Å². The minimum absolute atomic E-state index is 0.335. The largest absolute Gasteiger partial charge is 0.258 e. The molecule has 124 valence electrons. The van der Waals surface area contributed by atoms with Crippen LogP contribution < -0.4 is 0 Å². The molecule has 0 spiro atoms. The van der Waals surface area contributed by atoms with Crippen LogP contribution in [0.15, 0.2) is 60.8 Å². The van der Waals surface area contributed by atoms with Gasteiger partial charge in [0, 0.05) is 16.4 Å². The van der Waals surface area contributed by atoms with Gasteiger partial charge in [-0.05, 0) is 32.0 Å². The van der Waals surface area contributed by atoms with Gasteiger partial charge in [0.25, 0.3) is 0 Å². The van der Waals surface area contributed by atoms with Gasteiger partial charge in [0.2, 0.25) is 0 Å². The summed E-state index contributed by atoms with van der Waals surface area (Å²) in [4.78, 5) is 0. The van der Waals surface area contributed by atoms with Crippen molar-refractivity contribution in [3.05, 3.63) is 77.9 Å². The highest BCUT2D eigenvalue weighted by Crippen LogP contribution is 2.30. The molecule has 3 atom stereocenters. The third-order valence-electron chi connectivity index (χ3n) is 3.99. The van der Waals surface area contributed by atoms with Crippen molar-refractivity contribution in [2.45, 2.75) is 24.3 Å². The van der Waals surface area contributed by atoms with Crippen LogP contribution in [0.5, 0.6) is 0 Å². The number of aromatic nitrogens is 3. The van der Waals surface area contributed by atoms with Crippen molar-refractivity contribution in [1.82, 2.24) is 15.0 Å². The fourth-order valence-corrected chi connectivity index (χ4v) is 3.92. The Labute approximate surface area is 142 Å². The first kappa shape index (κ1) is 16.5. The van der Waals surface area contributed by atoms with Crippen molar-refractivity contribution in [1.29, 1.82) is 0 Å². The molecular formula is C18H18FN3OS. The molecule has 0 fully saturated rings. The van der Waals surface area contributed by atoms with Crippen LogP contribution >= 0.6 is 0 Å². The Morgan fingerprint density at radius 2 is 1.67 bits per heavy atom. The average molecular weight is 343 g/mol. The van der Waals surface area contributed by atoms with Gasteiger partial charge >= 0.3 is 0 Å². The van der Waals surface area contributed by atoms with Crippen molar-refractivity contribution in [3.8, 4) is 5.69 Å². The first-order valence-electron chi connectivity index (χ1n) is 7.69. The fraction of sp³-hybridized carbons (Fsp3) is 0.222. The van der Waals surface area contributed by atoms with Crippen LogP contribution in [0.3, 0.4) is 0 Å². The van der Waals surface area contributed by atoms with Gasteiger partial charge in [-0.25, -0.2) is 9.07 Å². The molecule has 24 heavy (non-hydrogen) atoms. The van der Waals surface area contributed by atoms with E-state index in [0.29, 0.717) is 11.3 Å². The van der Waals surface area contributed by atoms with E-state index in [0.717, 1.165) is 5.69 Å². The summed E-state index contributed by atoms with van der Waals surface area (Å²) in [6, 6.07) is 16.0. The molecule has 1 heterocycles. The summed E-state index contributed by atoms with van der Waals surface area (Å²) in [5, 5.41) is 7.46. The van der Waals surface area contributed by atoms with Gasteiger partial charge in [0.15, 0.2) is 0 Å². The molecule has 3 rings (SSSR count). The lowest BCUT2D eigenvalue weighted by Gasteiger charge is -2.16. The summed E-state index contributed by atoms with van der Waals surface area (Å²) in [7, 11) is -1.32. The predicted octanol–water partition coefficient (Wildman–Crippen LogP) is 3.98. The molecule has 0 radical (unpaired) electrons. The van der Waals surface area contributed by atoms with Crippen LogP contribution in [-0.2, 0) is 10.8 Å². The summed E-state index contributed by atoms with van der Waals surface area (Å²) in [5.41, 5.74) is 1.97. The second-order valence-corrected chi connectivity index (χ2v) is 7.63. The SMILES string of the molecule is C[C@H](c1cn(-c2ccccc2)nn1)[S@@](=O)[C@H](C)c1ccccc1F. The number of para-hydroxylation sites is 1. The van der Waals surface area contributed by atoms with Crippen molar-refractivity contribution < 1.29 is 8.60 Å². The van der Waals surface area contributed by atoms with Crippen LogP contribution in [0.1, 0.15) is 35.6 Å². The van der Waals surface area contributed by atoms with E-state index in [1.807, 2.05) is 37.3 Å². The Morgan fingerprint density at radius 1 is 1.00 bits per heavy atom. The van der Waals surface area contributed by atoms with Crippen molar-refractivity contribution in [3.63, 3.8) is 0 Å². The van der Waals surface area contributed by atoms with E-state index in [-0.39, 0.29) is 11.1 Å². The van der Waals surface area contributed by atoms with Gasteiger partial charge in [0.05, 0.1) is 28.1 Å². The van der Waals surface area contributed by atoms with Crippen LogP contribution in [0.4, 0.5) is 4.39 Å². The van der Waals surface area contributed by atoms with Gasteiger partial charge in [-0.15, -0.1) is 5.10 Å². The van der Waals surface area contributed by atoms with Crippen LogP contribution in [0.25, 0.3) is 5.69 Å². The second-order valence-electron chi connectivity index (χ2n) is 5.56. The summed E-state index contributed by atoms with van der Waals surface area (Å²) in [6.07, 6.45) is 1.77. The van der Waals surface area contributed by atoms with E-state index in [4.69, 9.17) is 0 Å². The van der Waals surface area contributed by atoms with Crippen LogP contribution in [0, 0.1) is 5.82 Å². The lowest BCUT2D eigenvalue weighted by Crippen LogP contribution is -2.11. The molecule has 0 saturated heterocycles. The number of benzene rings is 2. The van der Waals surface area contributed by atoms with Gasteiger partial charge in [-0.3, -0.25) is 4.21 Å². The summed E-state index contributed by atoms with van der Waals surface area (Å²) in [6.45, 7) is 3.60. The third kappa shape index (κ3) is 3.28. The van der Waals surface area contributed by atoms with E-state index in [1.54, 1.807) is 36.0 Å². The van der Waals surface area contributed by atoms with Crippen molar-refractivity contribution >= 4 is 10.8 Å². The summed E-state index contributed by atoms with van der Waals surface area (Å²) >= 11 is 0. The number of nitrogens with zero attached hydrogens (tertiary/aromatic N) is 3. The first-order chi connectivity index (χ1) is 11.6. The topological polar surface area (TPSA) is 47.8 Å². The maximum Gasteiger partial charge on any atom is 0.127 e. The Bertz CT molecular complexity index is 850. The fourth-order valence-electron chi connectivity index (χ4n) is 2.53. The van der Waals surface area contributed by atoms with Gasteiger partial charge in [0.1, 0.15) is 5.82 Å². The highest BCUT2D eigenvalue weighted by Gasteiger charge is 2.25. The van der Waals surface area contributed by atoms with Crippen LogP contribution in [0.2, 0.25) is 0 Å². The van der Waals surface area contributed by atoms with E-state index in [1.165, 1.54) is 6.07 Å². The number of hydrogen-bond acceptors (Lipinski definition) is 3. The Morgan fingerprint density at radius 3 is 2.38 bits per heavy atom. The molecule has 6 heteroatoms. The van der Waals surface area contributed by atoms with E-state index in [2.05, 4.69) is 10.3 Å². The zero-order valence-corrected chi connectivity index (χ0v) is 14.3. The maximum atomic E-state index is 13.9. The molecular weight excluding hydrogens is 325 g/mol. The highest BCUT2D eigenvalue weighted by atomic mass is 32.2. The van der Waals surface area contributed by atoms with E-state index >= 15 is 0 Å². The molecule has 3 aromatic rings. The molecule has 2 aromatic carbocycles. The summed E-state index contributed by atoms with van der Waals surface area (Å²) in [5.74, 6) is -0.335. The zero-order valence-electron chi connectivity index (χ0n) is 13.5. The predicted molar refractivity (Wildman–Crippen MR) is 92.7 cm³/mol. The minimum Gasteiger partial charge on any atom is -0.258 e. The molecule has 0 bridgehead atoms. The maximum absolute atomic E-state index is 13.9. The smallest absolute Gasteiger partial charge is 0.127 e. The quantitative estimate of drug-likeness (QED) is 0.704. The second kappa shape index (κ2) is 7.05. The van der Waals surface area contributed by atoms with Crippen LogP contribution in [-0.4, -0.2) is 19.2 Å². The van der Waals surface area contributed by atoms with Crippen molar-refractivity contribution in [2.75, 3.05) is 0 Å². The molecule has 0 aliphatic carbocycles. The zero-order chi connectivity index (χ0) is 17.1. The monoisotopic (exact) mass is 343 g/mol. The molecule has 0 saturated carbocycles. The molecule has 4 nitrogen and oxygen atoms in total. The number of halogens is 1. The number of hydrogen-bond donors (Lipinski definition) is 0. The molecule has 0 N–H and O–H groups in total. The molecule has 1 aromatic heterocycles. The Hall–Kier alpha value is -2.34. The lowest BCUT2D eigenvalue weighted by atomic mass is 10.1. The average Bonchev–Trinajstić information content (AvgIpc) is 3.11.